The zero-order valence-electron chi connectivity index (χ0n) is 8.85. The molecular weight excluding hydrogens is 206 g/mol. The van der Waals surface area contributed by atoms with Crippen molar-refractivity contribution in [3.8, 4) is 12.1 Å². The van der Waals surface area contributed by atoms with E-state index in [9.17, 15) is 4.79 Å². The first-order valence-electron chi connectivity index (χ1n) is 4.42. The minimum Gasteiger partial charge on any atom is -0.477 e. The van der Waals surface area contributed by atoms with Crippen LogP contribution in [0.5, 0.6) is 0 Å². The van der Waals surface area contributed by atoms with E-state index in [0.29, 0.717) is 11.3 Å². The number of carboxylic acids is 1. The molecule has 0 spiro atoms. The van der Waals surface area contributed by atoms with Crippen LogP contribution in [0.25, 0.3) is 6.08 Å². The summed E-state index contributed by atoms with van der Waals surface area (Å²) in [5, 5.41) is 26.1. The molecule has 0 aliphatic carbocycles. The van der Waals surface area contributed by atoms with Gasteiger partial charge in [-0.3, -0.25) is 0 Å². The molecule has 0 radical (unpaired) electrons. The van der Waals surface area contributed by atoms with E-state index in [4.69, 9.17) is 15.6 Å². The minimum absolute atomic E-state index is 0.349. The number of aromatic nitrogens is 1. The van der Waals surface area contributed by atoms with Crippen molar-refractivity contribution in [1.29, 1.82) is 10.5 Å². The van der Waals surface area contributed by atoms with E-state index in [1.807, 2.05) is 6.07 Å². The molecule has 5 heteroatoms. The van der Waals surface area contributed by atoms with E-state index in [1.165, 1.54) is 6.08 Å². The first-order valence-corrected chi connectivity index (χ1v) is 4.42. The number of hydrogen-bond donors (Lipinski definition) is 1. The van der Waals surface area contributed by atoms with Gasteiger partial charge in [0.1, 0.15) is 23.4 Å². The number of carbonyl (C=O) groups is 1. The molecule has 0 saturated heterocycles. The van der Waals surface area contributed by atoms with Gasteiger partial charge in [0.25, 0.3) is 0 Å². The molecule has 80 valence electrons. The summed E-state index contributed by atoms with van der Waals surface area (Å²) in [5.74, 6) is -1.27. The summed E-state index contributed by atoms with van der Waals surface area (Å²) in [6.45, 7) is 1.75. The molecule has 1 aromatic heterocycles. The number of carboxylic acid groups (broad SMARTS) is 1. The average molecular weight is 215 g/mol. The second kappa shape index (κ2) is 4.33. The highest BCUT2D eigenvalue weighted by Crippen LogP contribution is 2.16. The Bertz CT molecular complexity index is 553. The molecule has 0 bridgehead atoms. The van der Waals surface area contributed by atoms with Gasteiger partial charge in [-0.1, -0.05) is 0 Å². The second-order valence-corrected chi connectivity index (χ2v) is 3.22. The van der Waals surface area contributed by atoms with Crippen LogP contribution in [-0.4, -0.2) is 15.6 Å². The van der Waals surface area contributed by atoms with Gasteiger partial charge in [-0.15, -0.1) is 0 Å². The predicted molar refractivity (Wildman–Crippen MR) is 56.1 cm³/mol. The lowest BCUT2D eigenvalue weighted by molar-refractivity contribution is -0.132. The van der Waals surface area contributed by atoms with Crippen molar-refractivity contribution in [1.82, 2.24) is 4.57 Å². The fourth-order valence-electron chi connectivity index (χ4n) is 1.27. The summed E-state index contributed by atoms with van der Waals surface area (Å²) in [6.07, 6.45) is 1.26. The van der Waals surface area contributed by atoms with Gasteiger partial charge >= 0.3 is 5.97 Å². The number of aliphatic carboxylic acids is 1. The highest BCUT2D eigenvalue weighted by molar-refractivity contribution is 5.96. The maximum atomic E-state index is 10.6. The zero-order valence-corrected chi connectivity index (χ0v) is 8.85. The number of rotatable bonds is 2. The molecule has 0 saturated carbocycles. The summed E-state index contributed by atoms with van der Waals surface area (Å²) >= 11 is 0. The van der Waals surface area contributed by atoms with Crippen molar-refractivity contribution in [3.63, 3.8) is 0 Å². The van der Waals surface area contributed by atoms with Gasteiger partial charge in [0.2, 0.25) is 0 Å². The van der Waals surface area contributed by atoms with Crippen LogP contribution in [0.4, 0.5) is 0 Å². The summed E-state index contributed by atoms with van der Waals surface area (Å²) in [6, 6.07) is 5.12. The van der Waals surface area contributed by atoms with Gasteiger partial charge < -0.3 is 9.67 Å². The molecular formula is C11H9N3O2. The van der Waals surface area contributed by atoms with Crippen LogP contribution in [0.2, 0.25) is 0 Å². The SMILES string of the molecule is Cc1c(/C=C(\C#N)C(=O)O)cc(C#N)n1C. The summed E-state index contributed by atoms with van der Waals surface area (Å²) in [4.78, 5) is 10.6. The number of nitrogens with zero attached hydrogens (tertiary/aromatic N) is 3. The third kappa shape index (κ3) is 1.94. The molecule has 5 nitrogen and oxygen atoms in total. The van der Waals surface area contributed by atoms with E-state index in [-0.39, 0.29) is 5.57 Å². The van der Waals surface area contributed by atoms with Gasteiger partial charge in [-0.2, -0.15) is 10.5 Å². The molecule has 0 amide bonds. The standard InChI is InChI=1S/C11H9N3O2/c1-7-8(3-9(5-12)11(15)16)4-10(6-13)14(7)2/h3-4H,1-2H3,(H,15,16)/b9-3+. The number of nitriles is 2. The van der Waals surface area contributed by atoms with E-state index in [2.05, 4.69) is 0 Å². The van der Waals surface area contributed by atoms with Crippen LogP contribution in [0.15, 0.2) is 11.6 Å². The summed E-state index contributed by atoms with van der Waals surface area (Å²) in [5.41, 5.74) is 1.38. The van der Waals surface area contributed by atoms with Crippen LogP contribution in [-0.2, 0) is 11.8 Å². The Morgan fingerprint density at radius 2 is 2.19 bits per heavy atom. The Kier molecular flexibility index (Phi) is 3.12. The monoisotopic (exact) mass is 215 g/mol. The van der Waals surface area contributed by atoms with Crippen molar-refractivity contribution in [2.75, 3.05) is 0 Å². The molecule has 16 heavy (non-hydrogen) atoms. The van der Waals surface area contributed by atoms with Gasteiger partial charge in [-0.25, -0.2) is 4.79 Å². The van der Waals surface area contributed by atoms with Gasteiger partial charge in [-0.05, 0) is 24.6 Å². The lowest BCUT2D eigenvalue weighted by Crippen LogP contribution is -1.98. The molecule has 0 unspecified atom stereocenters. The predicted octanol–water partition coefficient (Wildman–Crippen LogP) is 1.20. The van der Waals surface area contributed by atoms with Crippen LogP contribution < -0.4 is 0 Å². The summed E-state index contributed by atoms with van der Waals surface area (Å²) < 4.78 is 1.64. The largest absolute Gasteiger partial charge is 0.477 e. The fraction of sp³-hybridized carbons (Fsp3) is 0.182. The highest BCUT2D eigenvalue weighted by atomic mass is 16.4. The molecule has 0 aliphatic rings. The molecule has 0 fully saturated rings. The van der Waals surface area contributed by atoms with Crippen molar-refractivity contribution in [3.05, 3.63) is 28.6 Å². The van der Waals surface area contributed by atoms with Gasteiger partial charge in [0.05, 0.1) is 0 Å². The van der Waals surface area contributed by atoms with Crippen LogP contribution in [0.1, 0.15) is 17.0 Å². The smallest absolute Gasteiger partial charge is 0.346 e. The van der Waals surface area contributed by atoms with Crippen LogP contribution in [0.3, 0.4) is 0 Å². The molecule has 0 atom stereocenters. The fourth-order valence-corrected chi connectivity index (χ4v) is 1.27. The quantitative estimate of drug-likeness (QED) is 0.592. The van der Waals surface area contributed by atoms with E-state index in [1.54, 1.807) is 30.7 Å². The van der Waals surface area contributed by atoms with Crippen LogP contribution in [0, 0.1) is 29.6 Å². The molecule has 0 aliphatic heterocycles. The molecule has 1 heterocycles. The Balaban J connectivity index is 3.33. The van der Waals surface area contributed by atoms with E-state index >= 15 is 0 Å². The Morgan fingerprint density at radius 1 is 1.56 bits per heavy atom. The maximum absolute atomic E-state index is 10.6. The lowest BCUT2D eigenvalue weighted by Gasteiger charge is -1.97. The molecule has 1 rings (SSSR count). The zero-order chi connectivity index (χ0) is 12.3. The van der Waals surface area contributed by atoms with E-state index < -0.39 is 5.97 Å². The minimum atomic E-state index is -1.27. The Labute approximate surface area is 92.5 Å². The third-order valence-electron chi connectivity index (χ3n) is 2.34. The average Bonchev–Trinajstić information content (AvgIpc) is 2.52. The first-order chi connectivity index (χ1) is 7.51. The van der Waals surface area contributed by atoms with Crippen molar-refractivity contribution >= 4 is 12.0 Å². The highest BCUT2D eigenvalue weighted by Gasteiger charge is 2.11. The maximum Gasteiger partial charge on any atom is 0.346 e. The topological polar surface area (TPSA) is 89.8 Å². The Morgan fingerprint density at radius 3 is 2.56 bits per heavy atom. The lowest BCUT2D eigenvalue weighted by atomic mass is 10.1. The second-order valence-electron chi connectivity index (χ2n) is 3.22. The molecule has 1 N–H and O–H groups in total. The van der Waals surface area contributed by atoms with Crippen molar-refractivity contribution < 1.29 is 9.90 Å². The molecule has 1 aromatic rings. The normalized spacial score (nSPS) is 10.6. The van der Waals surface area contributed by atoms with Gasteiger partial charge in [0.15, 0.2) is 0 Å². The van der Waals surface area contributed by atoms with E-state index in [0.717, 1.165) is 5.69 Å². The van der Waals surface area contributed by atoms with Crippen molar-refractivity contribution in [2.24, 2.45) is 7.05 Å². The Hall–Kier alpha value is -2.53. The molecule has 0 aromatic carbocycles. The van der Waals surface area contributed by atoms with Crippen LogP contribution >= 0.6 is 0 Å². The van der Waals surface area contributed by atoms with Gasteiger partial charge in [0, 0.05) is 12.7 Å². The van der Waals surface area contributed by atoms with Crippen molar-refractivity contribution in [2.45, 2.75) is 6.92 Å². The first kappa shape index (κ1) is 11.5. The summed E-state index contributed by atoms with van der Waals surface area (Å²) in [7, 11) is 1.71. The third-order valence-corrected chi connectivity index (χ3v) is 2.34. The number of hydrogen-bond acceptors (Lipinski definition) is 3.